The Labute approximate surface area is 97.6 Å². The minimum Gasteiger partial charge on any atom is -0.497 e. The van der Waals surface area contributed by atoms with Crippen LogP contribution < -0.4 is 9.64 Å². The Morgan fingerprint density at radius 3 is 2.88 bits per heavy atom. The van der Waals surface area contributed by atoms with E-state index >= 15 is 0 Å². The summed E-state index contributed by atoms with van der Waals surface area (Å²) in [4.78, 5) is 4.68. The van der Waals surface area contributed by atoms with E-state index in [0.29, 0.717) is 0 Å². The van der Waals surface area contributed by atoms with Crippen molar-refractivity contribution in [3.63, 3.8) is 0 Å². The Kier molecular flexibility index (Phi) is 3.34. The maximum atomic E-state index is 5.25. The van der Waals surface area contributed by atoms with E-state index in [1.54, 1.807) is 7.11 Å². The average Bonchev–Trinajstić information content (AvgIpc) is 2.68. The number of nitrogens with zero attached hydrogens (tertiary/aromatic N) is 2. The summed E-state index contributed by atoms with van der Waals surface area (Å²) in [5.41, 5.74) is 2.79. The van der Waals surface area contributed by atoms with Crippen molar-refractivity contribution in [1.82, 2.24) is 4.90 Å². The molecule has 0 fully saturated rings. The lowest BCUT2D eigenvalue weighted by Gasteiger charge is -2.21. The Morgan fingerprint density at radius 2 is 2.19 bits per heavy atom. The summed E-state index contributed by atoms with van der Waals surface area (Å²) in [6, 6.07) is 6.38. The number of hydrogen-bond acceptors (Lipinski definition) is 3. The zero-order valence-corrected chi connectivity index (χ0v) is 10.4. The quantitative estimate of drug-likeness (QED) is 0.767. The van der Waals surface area contributed by atoms with Crippen LogP contribution in [0.25, 0.3) is 0 Å². The predicted molar refractivity (Wildman–Crippen MR) is 67.5 cm³/mol. The molecule has 3 heteroatoms. The van der Waals surface area contributed by atoms with E-state index in [1.165, 1.54) is 11.3 Å². The number of anilines is 1. The monoisotopic (exact) mass is 220 g/mol. The van der Waals surface area contributed by atoms with Gasteiger partial charge in [-0.25, -0.2) is 0 Å². The number of likely N-dealkylation sites (N-methyl/N-ethyl adjacent to an activating group) is 1. The van der Waals surface area contributed by atoms with Gasteiger partial charge in [0.05, 0.1) is 7.11 Å². The van der Waals surface area contributed by atoms with Gasteiger partial charge in [-0.1, -0.05) is 0 Å². The van der Waals surface area contributed by atoms with E-state index in [9.17, 15) is 0 Å². The molecule has 0 radical (unpaired) electrons. The molecule has 16 heavy (non-hydrogen) atoms. The Morgan fingerprint density at radius 1 is 1.38 bits per heavy atom. The van der Waals surface area contributed by atoms with Crippen LogP contribution in [-0.2, 0) is 6.42 Å². The number of hydrogen-bond donors (Lipinski definition) is 0. The lowest BCUT2D eigenvalue weighted by molar-refractivity contribution is 0.413. The predicted octanol–water partition coefficient (Wildman–Crippen LogP) is 1.62. The zero-order chi connectivity index (χ0) is 11.5. The van der Waals surface area contributed by atoms with E-state index in [-0.39, 0.29) is 0 Å². The van der Waals surface area contributed by atoms with Gasteiger partial charge in [0.1, 0.15) is 5.75 Å². The Balaban J connectivity index is 2.08. The second-order valence-electron chi connectivity index (χ2n) is 4.53. The van der Waals surface area contributed by atoms with Gasteiger partial charge in [-0.15, -0.1) is 0 Å². The van der Waals surface area contributed by atoms with Crippen molar-refractivity contribution < 1.29 is 4.74 Å². The molecule has 1 aromatic rings. The second kappa shape index (κ2) is 4.74. The normalized spacial score (nSPS) is 14.4. The minimum absolute atomic E-state index is 0.966. The van der Waals surface area contributed by atoms with E-state index in [4.69, 9.17) is 4.74 Å². The van der Waals surface area contributed by atoms with Crippen LogP contribution in [0.15, 0.2) is 18.2 Å². The fourth-order valence-corrected chi connectivity index (χ4v) is 2.13. The van der Waals surface area contributed by atoms with Crippen LogP contribution in [0.2, 0.25) is 0 Å². The fourth-order valence-electron chi connectivity index (χ4n) is 2.13. The first kappa shape index (κ1) is 11.3. The molecular formula is C13H20N2O. The first-order chi connectivity index (χ1) is 7.70. The van der Waals surface area contributed by atoms with E-state index in [0.717, 1.165) is 31.8 Å². The molecule has 0 N–H and O–H groups in total. The number of methoxy groups -OCH3 is 1. The van der Waals surface area contributed by atoms with Gasteiger partial charge in [-0.05, 0) is 44.3 Å². The van der Waals surface area contributed by atoms with Gasteiger partial charge in [0, 0.05) is 25.3 Å². The summed E-state index contributed by atoms with van der Waals surface area (Å²) in [5.74, 6) is 0.966. The van der Waals surface area contributed by atoms with E-state index in [2.05, 4.69) is 36.0 Å². The Hall–Kier alpha value is -1.22. The molecule has 0 unspecified atom stereocenters. The first-order valence-corrected chi connectivity index (χ1v) is 5.77. The SMILES string of the molecule is COc1ccc2c(c1)CCN2CCN(C)C. The molecule has 0 bridgehead atoms. The van der Waals surface area contributed by atoms with Crippen molar-refractivity contribution in [2.75, 3.05) is 45.7 Å². The van der Waals surface area contributed by atoms with Crippen molar-refractivity contribution in [1.29, 1.82) is 0 Å². The molecule has 0 atom stereocenters. The highest BCUT2D eigenvalue weighted by atomic mass is 16.5. The summed E-state index contributed by atoms with van der Waals surface area (Å²) >= 11 is 0. The highest BCUT2D eigenvalue weighted by Crippen LogP contribution is 2.30. The van der Waals surface area contributed by atoms with E-state index < -0.39 is 0 Å². The number of benzene rings is 1. The largest absolute Gasteiger partial charge is 0.497 e. The molecule has 1 aliphatic rings. The minimum atomic E-state index is 0.966. The molecule has 0 aromatic heterocycles. The molecule has 1 aromatic carbocycles. The van der Waals surface area contributed by atoms with Gasteiger partial charge < -0.3 is 14.5 Å². The van der Waals surface area contributed by atoms with Crippen molar-refractivity contribution in [3.05, 3.63) is 23.8 Å². The molecule has 2 rings (SSSR count). The molecule has 0 amide bonds. The summed E-state index contributed by atoms with van der Waals surface area (Å²) in [5, 5.41) is 0. The molecule has 0 aliphatic carbocycles. The summed E-state index contributed by atoms with van der Waals surface area (Å²) in [7, 11) is 5.95. The van der Waals surface area contributed by atoms with Crippen molar-refractivity contribution in [2.24, 2.45) is 0 Å². The summed E-state index contributed by atoms with van der Waals surface area (Å²) < 4.78 is 5.25. The standard InChI is InChI=1S/C13H20N2O/c1-14(2)8-9-15-7-6-11-10-12(16-3)4-5-13(11)15/h4-5,10H,6-9H2,1-3H3. The molecule has 0 saturated heterocycles. The van der Waals surface area contributed by atoms with Crippen molar-refractivity contribution in [2.45, 2.75) is 6.42 Å². The molecular weight excluding hydrogens is 200 g/mol. The molecule has 0 saturated carbocycles. The lowest BCUT2D eigenvalue weighted by Crippen LogP contribution is -2.30. The highest BCUT2D eigenvalue weighted by Gasteiger charge is 2.18. The van der Waals surface area contributed by atoms with Gasteiger partial charge in [-0.3, -0.25) is 0 Å². The number of ether oxygens (including phenoxy) is 1. The van der Waals surface area contributed by atoms with Crippen LogP contribution in [0.1, 0.15) is 5.56 Å². The third-order valence-corrected chi connectivity index (χ3v) is 3.10. The summed E-state index contributed by atoms with van der Waals surface area (Å²) in [6.07, 6.45) is 1.14. The average molecular weight is 220 g/mol. The summed E-state index contributed by atoms with van der Waals surface area (Å²) in [6.45, 7) is 3.34. The van der Waals surface area contributed by atoms with Gasteiger partial charge in [0.15, 0.2) is 0 Å². The fraction of sp³-hybridized carbons (Fsp3) is 0.538. The maximum absolute atomic E-state index is 5.25. The molecule has 1 aliphatic heterocycles. The number of fused-ring (bicyclic) bond motifs is 1. The van der Waals surface area contributed by atoms with Crippen LogP contribution in [-0.4, -0.2) is 45.7 Å². The van der Waals surface area contributed by atoms with Crippen molar-refractivity contribution >= 4 is 5.69 Å². The third-order valence-electron chi connectivity index (χ3n) is 3.10. The van der Waals surface area contributed by atoms with E-state index in [1.807, 2.05) is 6.07 Å². The molecule has 1 heterocycles. The molecule has 88 valence electrons. The van der Waals surface area contributed by atoms with Gasteiger partial charge in [0.2, 0.25) is 0 Å². The Bertz CT molecular complexity index is 363. The number of rotatable bonds is 4. The third kappa shape index (κ3) is 2.30. The van der Waals surface area contributed by atoms with Crippen LogP contribution >= 0.6 is 0 Å². The van der Waals surface area contributed by atoms with Crippen LogP contribution in [0.3, 0.4) is 0 Å². The second-order valence-corrected chi connectivity index (χ2v) is 4.53. The highest BCUT2D eigenvalue weighted by molar-refractivity contribution is 5.60. The van der Waals surface area contributed by atoms with Crippen LogP contribution in [0.4, 0.5) is 5.69 Å². The molecule has 3 nitrogen and oxygen atoms in total. The van der Waals surface area contributed by atoms with Gasteiger partial charge >= 0.3 is 0 Å². The van der Waals surface area contributed by atoms with Gasteiger partial charge in [0.25, 0.3) is 0 Å². The first-order valence-electron chi connectivity index (χ1n) is 5.77. The smallest absolute Gasteiger partial charge is 0.119 e. The van der Waals surface area contributed by atoms with Gasteiger partial charge in [-0.2, -0.15) is 0 Å². The van der Waals surface area contributed by atoms with Crippen LogP contribution in [0, 0.1) is 0 Å². The molecule has 0 spiro atoms. The topological polar surface area (TPSA) is 15.7 Å². The lowest BCUT2D eigenvalue weighted by atomic mass is 10.1. The zero-order valence-electron chi connectivity index (χ0n) is 10.4. The van der Waals surface area contributed by atoms with Crippen LogP contribution in [0.5, 0.6) is 5.75 Å². The van der Waals surface area contributed by atoms with Crippen molar-refractivity contribution in [3.8, 4) is 5.75 Å². The maximum Gasteiger partial charge on any atom is 0.119 e.